The summed E-state index contributed by atoms with van der Waals surface area (Å²) in [5, 5.41) is 1.36. The number of H-pyrrole nitrogens is 1. The molecule has 2 aromatic rings. The van der Waals surface area contributed by atoms with Crippen molar-refractivity contribution < 1.29 is 9.53 Å². The fraction of sp³-hybridized carbons (Fsp3) is 0.533. The van der Waals surface area contributed by atoms with E-state index in [-0.39, 0.29) is 11.5 Å². The molecule has 1 aliphatic carbocycles. The minimum absolute atomic E-state index is 0.0527. The minimum Gasteiger partial charge on any atom is -0.466 e. The Balaban J connectivity index is 1.78. The first-order valence-electron chi connectivity index (χ1n) is 7.52. The van der Waals surface area contributed by atoms with Crippen LogP contribution in [0.2, 0.25) is 0 Å². The number of nitrogens with one attached hydrogen (secondary N) is 1. The van der Waals surface area contributed by atoms with Crippen LogP contribution >= 0.6 is 23.1 Å². The molecule has 0 radical (unpaired) electrons. The number of thiophene rings is 1. The Morgan fingerprint density at radius 3 is 3.05 bits per heavy atom. The maximum Gasteiger partial charge on any atom is 0.306 e. The van der Waals surface area contributed by atoms with Gasteiger partial charge in [0.1, 0.15) is 4.83 Å². The Morgan fingerprint density at radius 2 is 2.23 bits per heavy atom. The summed E-state index contributed by atoms with van der Waals surface area (Å²) in [6, 6.07) is 0. The Morgan fingerprint density at radius 1 is 1.41 bits per heavy atom. The van der Waals surface area contributed by atoms with Crippen molar-refractivity contribution in [3.8, 4) is 0 Å². The van der Waals surface area contributed by atoms with Gasteiger partial charge < -0.3 is 9.72 Å². The van der Waals surface area contributed by atoms with Gasteiger partial charge in [0.2, 0.25) is 0 Å². The van der Waals surface area contributed by atoms with Crippen molar-refractivity contribution in [3.05, 3.63) is 20.8 Å². The van der Waals surface area contributed by atoms with Gasteiger partial charge in [-0.15, -0.1) is 11.3 Å². The molecule has 0 saturated heterocycles. The topological polar surface area (TPSA) is 72.0 Å². The zero-order chi connectivity index (χ0) is 15.5. The monoisotopic (exact) mass is 338 g/mol. The molecule has 0 aliphatic heterocycles. The smallest absolute Gasteiger partial charge is 0.306 e. The highest BCUT2D eigenvalue weighted by Gasteiger charge is 2.19. The number of fused-ring (bicyclic) bond motifs is 3. The number of thioether (sulfide) groups is 1. The third-order valence-corrected chi connectivity index (χ3v) is 5.71. The lowest BCUT2D eigenvalue weighted by Gasteiger charge is -2.09. The Hall–Kier alpha value is -1.34. The van der Waals surface area contributed by atoms with E-state index in [1.165, 1.54) is 28.6 Å². The van der Waals surface area contributed by atoms with Crippen LogP contribution < -0.4 is 5.56 Å². The third kappa shape index (κ3) is 3.20. The average Bonchev–Trinajstić information content (AvgIpc) is 2.86. The lowest BCUT2D eigenvalue weighted by Crippen LogP contribution is -2.11. The van der Waals surface area contributed by atoms with Gasteiger partial charge in [0.05, 0.1) is 18.4 Å². The van der Waals surface area contributed by atoms with Crippen molar-refractivity contribution in [3.63, 3.8) is 0 Å². The maximum atomic E-state index is 12.3. The van der Waals surface area contributed by atoms with E-state index in [1.54, 1.807) is 18.3 Å². The number of carbonyl (C=O) groups is 1. The second kappa shape index (κ2) is 6.83. The van der Waals surface area contributed by atoms with Crippen LogP contribution in [-0.2, 0) is 22.4 Å². The summed E-state index contributed by atoms with van der Waals surface area (Å²) < 4.78 is 4.89. The Kier molecular flexibility index (Phi) is 4.83. The van der Waals surface area contributed by atoms with Gasteiger partial charge in [-0.3, -0.25) is 9.59 Å². The van der Waals surface area contributed by atoms with Gasteiger partial charge in [-0.2, -0.15) is 0 Å². The van der Waals surface area contributed by atoms with Crippen molar-refractivity contribution in [1.29, 1.82) is 0 Å². The zero-order valence-electron chi connectivity index (χ0n) is 12.4. The van der Waals surface area contributed by atoms with E-state index in [1.807, 2.05) is 0 Å². The van der Waals surface area contributed by atoms with Gasteiger partial charge >= 0.3 is 5.97 Å². The first-order valence-corrected chi connectivity index (χ1v) is 9.32. The molecular formula is C15H18N2O3S2. The molecule has 3 rings (SSSR count). The van der Waals surface area contributed by atoms with Crippen molar-refractivity contribution in [2.75, 3.05) is 12.4 Å². The van der Waals surface area contributed by atoms with Crippen molar-refractivity contribution in [1.82, 2.24) is 9.97 Å². The number of carbonyl (C=O) groups excluding carboxylic acids is 1. The largest absolute Gasteiger partial charge is 0.466 e. The molecule has 0 bridgehead atoms. The van der Waals surface area contributed by atoms with Crippen LogP contribution in [0.15, 0.2) is 9.95 Å². The highest BCUT2D eigenvalue weighted by atomic mass is 32.2. The summed E-state index contributed by atoms with van der Waals surface area (Å²) in [5.74, 6) is 0.336. The average molecular weight is 338 g/mol. The number of nitrogens with zero attached hydrogens (tertiary/aromatic N) is 1. The Labute approximate surface area is 136 Å². The molecule has 0 spiro atoms. The number of ether oxygens (including phenoxy) is 1. The number of esters is 1. The van der Waals surface area contributed by atoms with Gasteiger partial charge in [-0.1, -0.05) is 11.8 Å². The lowest BCUT2D eigenvalue weighted by molar-refractivity contribution is -0.142. The fourth-order valence-electron chi connectivity index (χ4n) is 2.68. The van der Waals surface area contributed by atoms with E-state index >= 15 is 0 Å². The number of aryl methyl sites for hydroxylation is 2. The SMILES string of the molecule is CCOC(=O)CCSc1nc2sc3c(c2c(=O)[nH]1)CCCC3. The molecule has 0 fully saturated rings. The number of hydrogen-bond donors (Lipinski definition) is 1. The van der Waals surface area contributed by atoms with Crippen LogP contribution in [0.3, 0.4) is 0 Å². The van der Waals surface area contributed by atoms with Crippen molar-refractivity contribution >= 4 is 39.3 Å². The molecule has 22 heavy (non-hydrogen) atoms. The van der Waals surface area contributed by atoms with Crippen molar-refractivity contribution in [2.45, 2.75) is 44.2 Å². The van der Waals surface area contributed by atoms with Crippen LogP contribution in [0, 0.1) is 0 Å². The normalized spacial score (nSPS) is 14.0. The summed E-state index contributed by atoms with van der Waals surface area (Å²) in [7, 11) is 0. The minimum atomic E-state index is -0.218. The molecule has 7 heteroatoms. The molecule has 0 atom stereocenters. The van der Waals surface area contributed by atoms with E-state index in [0.717, 1.165) is 29.5 Å². The molecule has 0 saturated carbocycles. The first kappa shape index (κ1) is 15.6. The predicted molar refractivity (Wildman–Crippen MR) is 88.9 cm³/mol. The highest BCUT2D eigenvalue weighted by molar-refractivity contribution is 7.99. The number of aromatic amines is 1. The molecule has 2 aromatic heterocycles. The molecule has 0 aromatic carbocycles. The standard InChI is InChI=1S/C15H18N2O3S2/c1-2-20-11(18)7-8-21-15-16-13(19)12-9-5-3-4-6-10(9)22-14(12)17-15/h2-8H2,1H3,(H,16,17,19). The lowest BCUT2D eigenvalue weighted by atomic mass is 9.97. The van der Waals surface area contributed by atoms with Crippen LogP contribution in [0.1, 0.15) is 36.6 Å². The predicted octanol–water partition coefficient (Wildman–Crippen LogP) is 2.91. The van der Waals surface area contributed by atoms with E-state index < -0.39 is 0 Å². The molecular weight excluding hydrogens is 320 g/mol. The molecule has 0 unspecified atom stereocenters. The maximum absolute atomic E-state index is 12.3. The van der Waals surface area contributed by atoms with E-state index in [0.29, 0.717) is 23.9 Å². The zero-order valence-corrected chi connectivity index (χ0v) is 14.1. The van der Waals surface area contributed by atoms with E-state index in [2.05, 4.69) is 9.97 Å². The van der Waals surface area contributed by atoms with Gasteiger partial charge in [-0.25, -0.2) is 4.98 Å². The molecule has 2 heterocycles. The second-order valence-electron chi connectivity index (χ2n) is 5.17. The quantitative estimate of drug-likeness (QED) is 0.515. The second-order valence-corrected chi connectivity index (χ2v) is 7.33. The molecule has 0 amide bonds. The number of aromatic nitrogens is 2. The fourth-order valence-corrected chi connectivity index (χ4v) is 4.78. The first-order chi connectivity index (χ1) is 10.7. The summed E-state index contributed by atoms with van der Waals surface area (Å²) in [5.41, 5.74) is 1.14. The number of hydrogen-bond acceptors (Lipinski definition) is 6. The summed E-state index contributed by atoms with van der Waals surface area (Å²) in [4.78, 5) is 33.2. The van der Waals surface area contributed by atoms with Gasteiger partial charge in [0.15, 0.2) is 5.16 Å². The van der Waals surface area contributed by atoms with Crippen molar-refractivity contribution in [2.24, 2.45) is 0 Å². The summed E-state index contributed by atoms with van der Waals surface area (Å²) >= 11 is 3.03. The van der Waals surface area contributed by atoms with Gasteiger partial charge in [0.25, 0.3) is 5.56 Å². The van der Waals surface area contributed by atoms with E-state index in [9.17, 15) is 9.59 Å². The molecule has 118 valence electrons. The Bertz CT molecular complexity index is 751. The van der Waals surface area contributed by atoms with Crippen LogP contribution in [0.25, 0.3) is 10.2 Å². The van der Waals surface area contributed by atoms with Gasteiger partial charge in [-0.05, 0) is 38.2 Å². The molecule has 1 aliphatic rings. The summed E-state index contributed by atoms with van der Waals surface area (Å²) in [6.07, 6.45) is 4.70. The van der Waals surface area contributed by atoms with Crippen LogP contribution in [0.5, 0.6) is 0 Å². The third-order valence-electron chi connectivity index (χ3n) is 3.65. The van der Waals surface area contributed by atoms with E-state index in [4.69, 9.17) is 4.74 Å². The van der Waals surface area contributed by atoms with Crippen LogP contribution in [0.4, 0.5) is 0 Å². The summed E-state index contributed by atoms with van der Waals surface area (Å²) in [6.45, 7) is 2.18. The highest BCUT2D eigenvalue weighted by Crippen LogP contribution is 2.34. The molecule has 5 nitrogen and oxygen atoms in total. The number of rotatable bonds is 5. The van der Waals surface area contributed by atoms with Gasteiger partial charge in [0, 0.05) is 10.6 Å². The molecule has 1 N–H and O–H groups in total. The van der Waals surface area contributed by atoms with Crippen LogP contribution in [-0.4, -0.2) is 28.3 Å².